The fourth-order valence-corrected chi connectivity index (χ4v) is 2.77. The lowest BCUT2D eigenvalue weighted by atomic mass is 10.1. The Labute approximate surface area is 142 Å². The van der Waals surface area contributed by atoms with Crippen molar-refractivity contribution in [2.75, 3.05) is 31.1 Å². The minimum Gasteiger partial charge on any atom is -0.444 e. The van der Waals surface area contributed by atoms with Gasteiger partial charge in [0.25, 0.3) is 0 Å². The Morgan fingerprint density at radius 2 is 2.00 bits per heavy atom. The fraction of sp³-hybridized carbons (Fsp3) is 0.529. The van der Waals surface area contributed by atoms with E-state index < -0.39 is 5.60 Å². The van der Waals surface area contributed by atoms with Crippen LogP contribution in [0, 0.1) is 11.3 Å². The molecule has 0 radical (unpaired) electrons. The lowest BCUT2D eigenvalue weighted by molar-refractivity contribution is 0.0263. The number of hydrogen-bond acceptors (Lipinski definition) is 4. The minimum absolute atomic E-state index is 0.286. The van der Waals surface area contributed by atoms with Gasteiger partial charge in [-0.05, 0) is 39.3 Å². The molecule has 0 aliphatic carbocycles. The molecule has 2 rings (SSSR count). The summed E-state index contributed by atoms with van der Waals surface area (Å²) in [6.45, 7) is 8.21. The van der Waals surface area contributed by atoms with Crippen LogP contribution < -0.4 is 4.90 Å². The molecule has 124 valence electrons. The molecule has 1 saturated heterocycles. The number of halogens is 1. The van der Waals surface area contributed by atoms with E-state index in [0.717, 1.165) is 18.7 Å². The summed E-state index contributed by atoms with van der Waals surface area (Å²) in [5.74, 6) is 0. The summed E-state index contributed by atoms with van der Waals surface area (Å²) >= 11 is 6.11. The summed E-state index contributed by atoms with van der Waals surface area (Å²) in [4.78, 5) is 16.0. The molecule has 0 N–H and O–H groups in total. The topological polar surface area (TPSA) is 56.6 Å². The van der Waals surface area contributed by atoms with Crippen molar-refractivity contribution in [3.05, 3.63) is 28.8 Å². The van der Waals surface area contributed by atoms with Crippen LogP contribution in [0.5, 0.6) is 0 Å². The van der Waals surface area contributed by atoms with E-state index in [2.05, 4.69) is 11.0 Å². The van der Waals surface area contributed by atoms with Crippen molar-refractivity contribution >= 4 is 23.4 Å². The van der Waals surface area contributed by atoms with Crippen molar-refractivity contribution in [2.45, 2.75) is 32.8 Å². The number of amides is 1. The molecule has 0 spiro atoms. The third kappa shape index (κ3) is 4.52. The molecule has 5 nitrogen and oxygen atoms in total. The Balaban J connectivity index is 2.09. The molecule has 1 heterocycles. The molecular weight excluding hydrogens is 314 g/mol. The van der Waals surface area contributed by atoms with Gasteiger partial charge < -0.3 is 14.5 Å². The van der Waals surface area contributed by atoms with Crippen molar-refractivity contribution in [1.29, 1.82) is 5.26 Å². The molecule has 1 amide bonds. The highest BCUT2D eigenvalue weighted by Crippen LogP contribution is 2.27. The summed E-state index contributed by atoms with van der Waals surface area (Å²) < 4.78 is 5.43. The van der Waals surface area contributed by atoms with Gasteiger partial charge in [-0.3, -0.25) is 0 Å². The highest BCUT2D eigenvalue weighted by molar-refractivity contribution is 6.32. The molecule has 6 heteroatoms. The van der Waals surface area contributed by atoms with Crippen molar-refractivity contribution in [3.63, 3.8) is 0 Å². The second kappa shape index (κ2) is 7.10. The first-order valence-corrected chi connectivity index (χ1v) is 8.11. The molecule has 23 heavy (non-hydrogen) atoms. The maximum absolute atomic E-state index is 12.2. The zero-order chi connectivity index (χ0) is 17.0. The van der Waals surface area contributed by atoms with E-state index in [1.807, 2.05) is 32.9 Å². The number of carbonyl (C=O) groups excluding carboxylic acids is 1. The van der Waals surface area contributed by atoms with E-state index in [1.165, 1.54) is 0 Å². The molecule has 0 unspecified atom stereocenters. The molecule has 0 atom stereocenters. The highest BCUT2D eigenvalue weighted by Gasteiger charge is 2.25. The Morgan fingerprint density at radius 3 is 2.65 bits per heavy atom. The van der Waals surface area contributed by atoms with Crippen molar-refractivity contribution in [2.24, 2.45) is 0 Å². The molecule has 0 saturated carbocycles. The maximum atomic E-state index is 12.2. The average Bonchev–Trinajstić information content (AvgIpc) is 2.71. The second-order valence-electron chi connectivity index (χ2n) is 6.55. The molecule has 1 aliphatic heterocycles. The van der Waals surface area contributed by atoms with E-state index in [9.17, 15) is 10.1 Å². The van der Waals surface area contributed by atoms with Crippen molar-refractivity contribution in [1.82, 2.24) is 4.90 Å². The summed E-state index contributed by atoms with van der Waals surface area (Å²) in [5.41, 5.74) is 0.815. The molecule has 1 aromatic carbocycles. The fourth-order valence-electron chi connectivity index (χ4n) is 2.55. The van der Waals surface area contributed by atoms with E-state index >= 15 is 0 Å². The van der Waals surface area contributed by atoms with Gasteiger partial charge in [0, 0.05) is 26.2 Å². The van der Waals surface area contributed by atoms with Gasteiger partial charge in [0.2, 0.25) is 0 Å². The van der Waals surface area contributed by atoms with Gasteiger partial charge in [-0.1, -0.05) is 17.7 Å². The second-order valence-corrected chi connectivity index (χ2v) is 6.96. The monoisotopic (exact) mass is 335 g/mol. The van der Waals surface area contributed by atoms with Crippen LogP contribution in [0.1, 0.15) is 32.8 Å². The van der Waals surface area contributed by atoms with E-state index in [4.69, 9.17) is 16.3 Å². The van der Waals surface area contributed by atoms with Gasteiger partial charge in [-0.15, -0.1) is 0 Å². The number of benzene rings is 1. The summed E-state index contributed by atoms with van der Waals surface area (Å²) in [6, 6.07) is 7.62. The standard InChI is InChI=1S/C17H22ClN3O2/c1-17(2,3)23-16(22)21-9-5-8-20(10-11-21)15-7-4-6-14(18)13(15)12-19/h4,6-7H,5,8-11H2,1-3H3. The normalized spacial score (nSPS) is 15.8. The zero-order valence-electron chi connectivity index (χ0n) is 13.8. The zero-order valence-corrected chi connectivity index (χ0v) is 14.6. The SMILES string of the molecule is CC(C)(C)OC(=O)N1CCCN(c2cccc(Cl)c2C#N)CC1. The lowest BCUT2D eigenvalue weighted by Crippen LogP contribution is -2.39. The predicted octanol–water partition coefficient (Wildman–Crippen LogP) is 3.66. The number of carbonyl (C=O) groups is 1. The Kier molecular flexibility index (Phi) is 5.38. The molecule has 0 aromatic heterocycles. The predicted molar refractivity (Wildman–Crippen MR) is 90.8 cm³/mol. The van der Waals surface area contributed by atoms with Crippen molar-refractivity contribution < 1.29 is 9.53 Å². The first kappa shape index (κ1) is 17.4. The highest BCUT2D eigenvalue weighted by atomic mass is 35.5. The van der Waals surface area contributed by atoms with Gasteiger partial charge >= 0.3 is 6.09 Å². The van der Waals surface area contributed by atoms with Gasteiger partial charge in [0.05, 0.1) is 16.3 Å². The summed E-state index contributed by atoms with van der Waals surface area (Å²) in [6.07, 6.45) is 0.530. The first-order chi connectivity index (χ1) is 10.8. The molecule has 1 aromatic rings. The number of hydrogen-bond donors (Lipinski definition) is 0. The third-order valence-electron chi connectivity index (χ3n) is 3.59. The number of rotatable bonds is 1. The van der Waals surface area contributed by atoms with Crippen LogP contribution in [0.15, 0.2) is 18.2 Å². The van der Waals surface area contributed by atoms with Gasteiger partial charge in [-0.25, -0.2) is 4.79 Å². The summed E-state index contributed by atoms with van der Waals surface area (Å²) in [7, 11) is 0. The van der Waals surface area contributed by atoms with Crippen LogP contribution in [-0.4, -0.2) is 42.8 Å². The van der Waals surface area contributed by atoms with Crippen LogP contribution >= 0.6 is 11.6 Å². The van der Waals surface area contributed by atoms with E-state index in [-0.39, 0.29) is 6.09 Å². The third-order valence-corrected chi connectivity index (χ3v) is 3.91. The van der Waals surface area contributed by atoms with E-state index in [0.29, 0.717) is 30.2 Å². The number of ether oxygens (including phenoxy) is 1. The first-order valence-electron chi connectivity index (χ1n) is 7.73. The smallest absolute Gasteiger partial charge is 0.410 e. The van der Waals surface area contributed by atoms with E-state index in [1.54, 1.807) is 11.0 Å². The lowest BCUT2D eigenvalue weighted by Gasteiger charge is -2.27. The molecule has 0 bridgehead atoms. The average molecular weight is 336 g/mol. The van der Waals surface area contributed by atoms with Crippen LogP contribution in [0.25, 0.3) is 0 Å². The largest absolute Gasteiger partial charge is 0.444 e. The number of anilines is 1. The summed E-state index contributed by atoms with van der Waals surface area (Å²) in [5, 5.41) is 9.78. The number of nitrogens with zero attached hydrogens (tertiary/aromatic N) is 3. The quantitative estimate of drug-likeness (QED) is 0.786. The minimum atomic E-state index is -0.496. The van der Waals surface area contributed by atoms with Crippen LogP contribution in [0.2, 0.25) is 5.02 Å². The van der Waals surface area contributed by atoms with Gasteiger partial charge in [-0.2, -0.15) is 5.26 Å². The Morgan fingerprint density at radius 1 is 1.26 bits per heavy atom. The van der Waals surface area contributed by atoms with Gasteiger partial charge in [0.1, 0.15) is 11.7 Å². The number of nitriles is 1. The molecule has 1 aliphatic rings. The maximum Gasteiger partial charge on any atom is 0.410 e. The Hall–Kier alpha value is -1.93. The van der Waals surface area contributed by atoms with Crippen LogP contribution in [0.4, 0.5) is 10.5 Å². The van der Waals surface area contributed by atoms with Crippen LogP contribution in [0.3, 0.4) is 0 Å². The molecule has 1 fully saturated rings. The molecular formula is C17H22ClN3O2. The Bertz CT molecular complexity index is 619. The van der Waals surface area contributed by atoms with Crippen molar-refractivity contribution in [3.8, 4) is 6.07 Å². The van der Waals surface area contributed by atoms with Gasteiger partial charge in [0.15, 0.2) is 0 Å². The van der Waals surface area contributed by atoms with Crippen LogP contribution in [-0.2, 0) is 4.74 Å².